The first-order chi connectivity index (χ1) is 14.3. The Bertz CT molecular complexity index is 813. The van der Waals surface area contributed by atoms with Gasteiger partial charge in [-0.25, -0.2) is 0 Å². The van der Waals surface area contributed by atoms with Crippen molar-refractivity contribution < 1.29 is 14.3 Å². The lowest BCUT2D eigenvalue weighted by Crippen LogP contribution is -2.50. The van der Waals surface area contributed by atoms with Gasteiger partial charge < -0.3 is 15.0 Å². The van der Waals surface area contributed by atoms with Crippen LogP contribution in [0.3, 0.4) is 0 Å². The zero-order chi connectivity index (χ0) is 22.1. The third-order valence-electron chi connectivity index (χ3n) is 5.08. The first-order valence-corrected chi connectivity index (χ1v) is 10.6. The first kappa shape index (κ1) is 23.5. The van der Waals surface area contributed by atoms with Gasteiger partial charge in [-0.05, 0) is 56.9 Å². The van der Waals surface area contributed by atoms with Gasteiger partial charge >= 0.3 is 0 Å². The second kappa shape index (κ2) is 11.4. The van der Waals surface area contributed by atoms with Crippen molar-refractivity contribution in [3.8, 4) is 5.75 Å². The summed E-state index contributed by atoms with van der Waals surface area (Å²) in [5.74, 6) is 0.641. The molecular weight excluding hydrogens is 376 g/mol. The number of amides is 2. The number of hydrogen-bond donors (Lipinski definition) is 1. The second-order valence-electron chi connectivity index (χ2n) is 7.94. The van der Waals surface area contributed by atoms with E-state index in [0.717, 1.165) is 16.9 Å². The van der Waals surface area contributed by atoms with E-state index in [2.05, 4.69) is 29.6 Å². The lowest BCUT2D eigenvalue weighted by Gasteiger charge is -2.31. The van der Waals surface area contributed by atoms with Crippen LogP contribution < -0.4 is 10.1 Å². The molecule has 30 heavy (non-hydrogen) atoms. The molecule has 0 aliphatic carbocycles. The molecule has 2 aromatic carbocycles. The SMILES string of the molecule is CC[C@H](C(=O)NC(C)C)N(Cc1ccc(OC)cc1)C(=O)CCc1ccc(C)cc1. The predicted octanol–water partition coefficient (Wildman–Crippen LogP) is 4.27. The molecule has 0 spiro atoms. The Kier molecular flexibility index (Phi) is 8.90. The highest BCUT2D eigenvalue weighted by Crippen LogP contribution is 2.18. The van der Waals surface area contributed by atoms with E-state index in [-0.39, 0.29) is 17.9 Å². The quantitative estimate of drug-likeness (QED) is 0.636. The van der Waals surface area contributed by atoms with Crippen LogP contribution in [0, 0.1) is 6.92 Å². The summed E-state index contributed by atoms with van der Waals surface area (Å²) in [7, 11) is 1.62. The fourth-order valence-electron chi connectivity index (χ4n) is 3.38. The van der Waals surface area contributed by atoms with Crippen molar-refractivity contribution >= 4 is 11.8 Å². The topological polar surface area (TPSA) is 58.6 Å². The van der Waals surface area contributed by atoms with E-state index >= 15 is 0 Å². The van der Waals surface area contributed by atoms with Crippen molar-refractivity contribution in [3.05, 3.63) is 65.2 Å². The minimum absolute atomic E-state index is 0.0165. The summed E-state index contributed by atoms with van der Waals surface area (Å²) in [5, 5.41) is 2.96. The molecule has 0 aromatic heterocycles. The van der Waals surface area contributed by atoms with E-state index in [1.54, 1.807) is 12.0 Å². The van der Waals surface area contributed by atoms with Crippen molar-refractivity contribution in [2.75, 3.05) is 7.11 Å². The van der Waals surface area contributed by atoms with Crippen molar-refractivity contribution in [2.24, 2.45) is 0 Å². The van der Waals surface area contributed by atoms with E-state index in [0.29, 0.717) is 25.8 Å². The molecule has 0 fully saturated rings. The Morgan fingerprint density at radius 1 is 1.00 bits per heavy atom. The van der Waals surface area contributed by atoms with Gasteiger partial charge in [-0.2, -0.15) is 0 Å². The van der Waals surface area contributed by atoms with Gasteiger partial charge in [0, 0.05) is 19.0 Å². The van der Waals surface area contributed by atoms with Crippen LogP contribution in [0.4, 0.5) is 0 Å². The fourth-order valence-corrected chi connectivity index (χ4v) is 3.38. The van der Waals surface area contributed by atoms with Gasteiger partial charge in [0.1, 0.15) is 11.8 Å². The summed E-state index contributed by atoms with van der Waals surface area (Å²) < 4.78 is 5.22. The van der Waals surface area contributed by atoms with Crippen LogP contribution in [0.25, 0.3) is 0 Å². The van der Waals surface area contributed by atoms with Gasteiger partial charge in [0.2, 0.25) is 11.8 Å². The number of nitrogens with zero attached hydrogens (tertiary/aromatic N) is 1. The third kappa shape index (κ3) is 6.90. The molecule has 0 aliphatic heterocycles. The van der Waals surface area contributed by atoms with Gasteiger partial charge in [0.15, 0.2) is 0 Å². The summed E-state index contributed by atoms with van der Waals surface area (Å²) in [5.41, 5.74) is 3.29. The summed E-state index contributed by atoms with van der Waals surface area (Å²) >= 11 is 0. The Labute approximate surface area is 180 Å². The number of rotatable bonds is 10. The Balaban J connectivity index is 2.19. The lowest BCUT2D eigenvalue weighted by atomic mass is 10.0. The number of aryl methyl sites for hydroxylation is 2. The van der Waals surface area contributed by atoms with E-state index in [4.69, 9.17) is 4.74 Å². The van der Waals surface area contributed by atoms with Crippen LogP contribution in [0.2, 0.25) is 0 Å². The number of carbonyl (C=O) groups excluding carboxylic acids is 2. The number of methoxy groups -OCH3 is 1. The maximum Gasteiger partial charge on any atom is 0.243 e. The number of hydrogen-bond acceptors (Lipinski definition) is 3. The minimum atomic E-state index is -0.500. The first-order valence-electron chi connectivity index (χ1n) is 10.6. The molecule has 0 unspecified atom stereocenters. The Morgan fingerprint density at radius 2 is 1.60 bits per heavy atom. The zero-order valence-electron chi connectivity index (χ0n) is 18.8. The highest BCUT2D eigenvalue weighted by atomic mass is 16.5. The number of carbonyl (C=O) groups is 2. The number of benzene rings is 2. The average Bonchev–Trinajstić information content (AvgIpc) is 2.73. The Hall–Kier alpha value is -2.82. The van der Waals surface area contributed by atoms with Gasteiger partial charge in [-0.3, -0.25) is 9.59 Å². The fraction of sp³-hybridized carbons (Fsp3) is 0.440. The van der Waals surface area contributed by atoms with Crippen molar-refractivity contribution in [1.29, 1.82) is 0 Å². The molecule has 5 nitrogen and oxygen atoms in total. The molecule has 0 aliphatic rings. The molecule has 0 saturated heterocycles. The van der Waals surface area contributed by atoms with Gasteiger partial charge in [-0.15, -0.1) is 0 Å². The molecule has 0 heterocycles. The molecule has 5 heteroatoms. The largest absolute Gasteiger partial charge is 0.497 e. The van der Waals surface area contributed by atoms with Crippen molar-refractivity contribution in [1.82, 2.24) is 10.2 Å². The molecule has 1 atom stereocenters. The summed E-state index contributed by atoms with van der Waals surface area (Å²) in [6, 6.07) is 15.4. The number of nitrogens with one attached hydrogen (secondary N) is 1. The summed E-state index contributed by atoms with van der Waals surface area (Å²) in [4.78, 5) is 27.7. The third-order valence-corrected chi connectivity index (χ3v) is 5.08. The Morgan fingerprint density at radius 3 is 2.13 bits per heavy atom. The predicted molar refractivity (Wildman–Crippen MR) is 120 cm³/mol. The maximum absolute atomic E-state index is 13.2. The summed E-state index contributed by atoms with van der Waals surface area (Å²) in [6.45, 7) is 8.24. The van der Waals surface area contributed by atoms with Crippen LogP contribution in [0.15, 0.2) is 48.5 Å². The highest BCUT2D eigenvalue weighted by molar-refractivity contribution is 5.87. The van der Waals surface area contributed by atoms with Crippen LogP contribution in [0.1, 0.15) is 50.3 Å². The monoisotopic (exact) mass is 410 g/mol. The molecule has 2 aromatic rings. The molecule has 0 bridgehead atoms. The van der Waals surface area contributed by atoms with E-state index in [1.807, 2.05) is 52.0 Å². The van der Waals surface area contributed by atoms with Gasteiger partial charge in [0.25, 0.3) is 0 Å². The molecule has 2 rings (SSSR count). The lowest BCUT2D eigenvalue weighted by molar-refractivity contribution is -0.141. The average molecular weight is 411 g/mol. The van der Waals surface area contributed by atoms with E-state index in [1.165, 1.54) is 5.56 Å². The second-order valence-corrected chi connectivity index (χ2v) is 7.94. The van der Waals surface area contributed by atoms with E-state index < -0.39 is 6.04 Å². The molecule has 162 valence electrons. The summed E-state index contributed by atoms with van der Waals surface area (Å²) in [6.07, 6.45) is 1.58. The van der Waals surface area contributed by atoms with Crippen molar-refractivity contribution in [3.63, 3.8) is 0 Å². The zero-order valence-corrected chi connectivity index (χ0v) is 18.8. The molecule has 2 amide bonds. The number of ether oxygens (including phenoxy) is 1. The minimum Gasteiger partial charge on any atom is -0.497 e. The van der Waals surface area contributed by atoms with Gasteiger partial charge in [0.05, 0.1) is 7.11 Å². The highest BCUT2D eigenvalue weighted by Gasteiger charge is 2.28. The van der Waals surface area contributed by atoms with Crippen LogP contribution in [-0.2, 0) is 22.6 Å². The molecule has 0 saturated carbocycles. The normalized spacial score (nSPS) is 11.8. The smallest absolute Gasteiger partial charge is 0.243 e. The van der Waals surface area contributed by atoms with Gasteiger partial charge in [-0.1, -0.05) is 48.9 Å². The maximum atomic E-state index is 13.2. The van der Waals surface area contributed by atoms with Crippen LogP contribution >= 0.6 is 0 Å². The van der Waals surface area contributed by atoms with E-state index in [9.17, 15) is 9.59 Å². The molecule has 0 radical (unpaired) electrons. The van der Waals surface area contributed by atoms with Crippen molar-refractivity contribution in [2.45, 2.75) is 65.6 Å². The molecule has 1 N–H and O–H groups in total. The standard InChI is InChI=1S/C25H34N2O3/c1-6-23(25(29)26-18(2)3)27(17-21-11-14-22(30-5)15-12-21)24(28)16-13-20-9-7-19(4)8-10-20/h7-12,14-15,18,23H,6,13,16-17H2,1-5H3,(H,26,29)/t23-/m1/s1. The van der Waals surface area contributed by atoms with Crippen LogP contribution in [0.5, 0.6) is 5.75 Å². The van der Waals surface area contributed by atoms with Crippen LogP contribution in [-0.4, -0.2) is 35.9 Å². The molecular formula is C25H34N2O3.